The van der Waals surface area contributed by atoms with Crippen LogP contribution in [0.5, 0.6) is 0 Å². The fourth-order valence-electron chi connectivity index (χ4n) is 3.20. The Bertz CT molecular complexity index is 877. The molecule has 2 aliphatic rings. The number of halogens is 4. The molecule has 6 nitrogen and oxygen atoms in total. The molecule has 2 amide bonds. The van der Waals surface area contributed by atoms with E-state index >= 15 is 0 Å². The molecule has 156 valence electrons. The summed E-state index contributed by atoms with van der Waals surface area (Å²) >= 11 is 22.6. The van der Waals surface area contributed by atoms with E-state index < -0.39 is 21.1 Å². The maximum atomic E-state index is 13.1. The van der Waals surface area contributed by atoms with Gasteiger partial charge in [-0.05, 0) is 17.2 Å². The fraction of sp³-hybridized carbons (Fsp3) is 0.389. The topological polar surface area (TPSA) is 86.7 Å². The van der Waals surface area contributed by atoms with Crippen molar-refractivity contribution in [3.63, 3.8) is 0 Å². The van der Waals surface area contributed by atoms with E-state index in [1.165, 1.54) is 22.7 Å². The van der Waals surface area contributed by atoms with Gasteiger partial charge in [0.2, 0.25) is 11.8 Å². The summed E-state index contributed by atoms with van der Waals surface area (Å²) in [6.45, 7) is 0. The summed E-state index contributed by atoms with van der Waals surface area (Å²) in [6.07, 6.45) is 1.54. The van der Waals surface area contributed by atoms with E-state index in [1.54, 1.807) is 6.07 Å². The van der Waals surface area contributed by atoms with Crippen LogP contribution >= 0.6 is 62.5 Å². The van der Waals surface area contributed by atoms with Crippen molar-refractivity contribution < 1.29 is 19.5 Å². The van der Waals surface area contributed by atoms with E-state index in [2.05, 4.69) is 21.2 Å². The number of carbonyl (C=O) groups is 3. The Labute approximate surface area is 195 Å². The van der Waals surface area contributed by atoms with Crippen molar-refractivity contribution in [2.75, 3.05) is 0 Å². The molecule has 2 N–H and O–H groups in total. The Hall–Kier alpha value is -0.930. The van der Waals surface area contributed by atoms with Crippen molar-refractivity contribution in [2.24, 2.45) is 0 Å². The SMILES string of the molecule is O=C(O)C1=CC(NC(=O)C(CC(Cl)(Cl)Cl)c2cccc(CBr)c2)S[C@@H]2CC(=O)N12. The number of nitrogens with zero attached hydrogens (tertiary/aromatic N) is 1. The number of nitrogens with one attached hydrogen (secondary N) is 1. The van der Waals surface area contributed by atoms with Crippen LogP contribution in [0.15, 0.2) is 36.0 Å². The largest absolute Gasteiger partial charge is 0.477 e. The van der Waals surface area contributed by atoms with Gasteiger partial charge in [0, 0.05) is 11.8 Å². The average Bonchev–Trinajstić information content (AvgIpc) is 2.64. The van der Waals surface area contributed by atoms with Gasteiger partial charge in [-0.2, -0.15) is 0 Å². The number of carboxylic acids is 1. The molecule has 0 saturated carbocycles. The van der Waals surface area contributed by atoms with Crippen LogP contribution in [0.2, 0.25) is 0 Å². The zero-order valence-electron chi connectivity index (χ0n) is 14.8. The quantitative estimate of drug-likeness (QED) is 0.417. The second-order valence-electron chi connectivity index (χ2n) is 6.60. The third kappa shape index (κ3) is 5.41. The molecule has 0 aromatic heterocycles. The van der Waals surface area contributed by atoms with Crippen LogP contribution in [0.4, 0.5) is 0 Å². The second kappa shape index (κ2) is 9.06. The van der Waals surface area contributed by atoms with Crippen molar-refractivity contribution in [1.82, 2.24) is 10.2 Å². The molecule has 1 aromatic rings. The molecule has 1 aromatic carbocycles. The van der Waals surface area contributed by atoms with Gasteiger partial charge in [-0.1, -0.05) is 75.0 Å². The number of benzene rings is 1. The van der Waals surface area contributed by atoms with Crippen LogP contribution in [0.3, 0.4) is 0 Å². The van der Waals surface area contributed by atoms with Crippen LogP contribution in [0, 0.1) is 0 Å². The maximum Gasteiger partial charge on any atom is 0.352 e. The number of carboxylic acid groups (broad SMARTS) is 1. The van der Waals surface area contributed by atoms with Crippen molar-refractivity contribution in [2.45, 2.75) is 38.6 Å². The molecule has 3 rings (SSSR count). The number of aliphatic carboxylic acids is 1. The van der Waals surface area contributed by atoms with E-state index in [9.17, 15) is 19.5 Å². The lowest BCUT2D eigenvalue weighted by Crippen LogP contribution is -2.56. The Kier molecular flexibility index (Phi) is 7.10. The van der Waals surface area contributed by atoms with Gasteiger partial charge in [0.15, 0.2) is 3.79 Å². The Morgan fingerprint density at radius 1 is 1.38 bits per heavy atom. The molecule has 2 aliphatic heterocycles. The van der Waals surface area contributed by atoms with Crippen LogP contribution in [-0.2, 0) is 19.7 Å². The number of alkyl halides is 4. The van der Waals surface area contributed by atoms with Crippen LogP contribution in [0.25, 0.3) is 0 Å². The molecular formula is C18H16BrCl3N2O4S. The van der Waals surface area contributed by atoms with E-state index in [1.807, 2.05) is 18.2 Å². The lowest BCUT2D eigenvalue weighted by atomic mass is 9.94. The normalized spacial score (nSPS) is 22.3. The number of hydrogen-bond acceptors (Lipinski definition) is 4. The highest BCUT2D eigenvalue weighted by atomic mass is 79.9. The molecular weight excluding hydrogens is 527 g/mol. The van der Waals surface area contributed by atoms with Gasteiger partial charge in [-0.3, -0.25) is 14.5 Å². The minimum absolute atomic E-state index is 0.0455. The second-order valence-corrected chi connectivity index (χ2v) is 11.0. The summed E-state index contributed by atoms with van der Waals surface area (Å²) in [5, 5.41) is 11.9. The summed E-state index contributed by atoms with van der Waals surface area (Å²) in [5.41, 5.74) is 1.53. The molecule has 29 heavy (non-hydrogen) atoms. The minimum Gasteiger partial charge on any atom is -0.477 e. The Morgan fingerprint density at radius 3 is 2.69 bits per heavy atom. The van der Waals surface area contributed by atoms with Crippen LogP contribution < -0.4 is 5.32 Å². The van der Waals surface area contributed by atoms with Gasteiger partial charge in [-0.25, -0.2) is 4.79 Å². The molecule has 3 atom stereocenters. The van der Waals surface area contributed by atoms with Crippen LogP contribution in [-0.4, -0.2) is 42.3 Å². The van der Waals surface area contributed by atoms with Crippen molar-refractivity contribution >= 4 is 80.3 Å². The summed E-state index contributed by atoms with van der Waals surface area (Å²) in [7, 11) is 0. The number of amides is 2. The van der Waals surface area contributed by atoms with Crippen molar-refractivity contribution in [1.29, 1.82) is 0 Å². The number of β-lactam (4-membered cyclic amide) rings is 1. The van der Waals surface area contributed by atoms with E-state index in [0.29, 0.717) is 10.9 Å². The van der Waals surface area contributed by atoms with Gasteiger partial charge in [0.25, 0.3) is 0 Å². The van der Waals surface area contributed by atoms with Gasteiger partial charge in [0.05, 0.1) is 23.1 Å². The van der Waals surface area contributed by atoms with E-state index in [0.717, 1.165) is 5.56 Å². The predicted octanol–water partition coefficient (Wildman–Crippen LogP) is 4.14. The number of thioether (sulfide) groups is 1. The molecule has 2 heterocycles. The van der Waals surface area contributed by atoms with Gasteiger partial charge in [-0.15, -0.1) is 11.8 Å². The van der Waals surface area contributed by atoms with Gasteiger partial charge >= 0.3 is 5.97 Å². The van der Waals surface area contributed by atoms with E-state index in [4.69, 9.17) is 34.8 Å². The first kappa shape index (κ1) is 22.7. The number of fused-ring (bicyclic) bond motifs is 1. The van der Waals surface area contributed by atoms with Crippen molar-refractivity contribution in [3.8, 4) is 0 Å². The number of hydrogen-bond donors (Lipinski definition) is 2. The smallest absolute Gasteiger partial charge is 0.352 e. The third-order valence-electron chi connectivity index (χ3n) is 4.54. The average molecular weight is 543 g/mol. The van der Waals surface area contributed by atoms with Gasteiger partial charge in [0.1, 0.15) is 5.70 Å². The number of rotatable bonds is 6. The van der Waals surface area contributed by atoms with Crippen LogP contribution in [0.1, 0.15) is 29.9 Å². The molecule has 0 bridgehead atoms. The highest BCUT2D eigenvalue weighted by Gasteiger charge is 2.46. The lowest BCUT2D eigenvalue weighted by Gasteiger charge is -2.44. The highest BCUT2D eigenvalue weighted by molar-refractivity contribution is 9.08. The Balaban J connectivity index is 1.83. The summed E-state index contributed by atoms with van der Waals surface area (Å²) in [4.78, 5) is 37.5. The molecule has 0 radical (unpaired) electrons. The molecule has 0 aliphatic carbocycles. The first-order valence-corrected chi connectivity index (χ1v) is 11.7. The van der Waals surface area contributed by atoms with Gasteiger partial charge < -0.3 is 10.4 Å². The first-order chi connectivity index (χ1) is 13.6. The Morgan fingerprint density at radius 2 is 2.10 bits per heavy atom. The highest BCUT2D eigenvalue weighted by Crippen LogP contribution is 2.41. The molecule has 2 unspecified atom stereocenters. The standard InChI is InChI=1S/C18H16BrCl3N2O4S/c19-8-9-2-1-3-10(4-9)11(7-18(20,21)22)16(26)23-13-5-12(17(27)28)24-14(25)6-15(24)29-13/h1-5,11,13,15H,6-8H2,(H,23,26)(H,27,28)/t11?,13?,15-/m1/s1. The predicted molar refractivity (Wildman–Crippen MR) is 117 cm³/mol. The maximum absolute atomic E-state index is 13.1. The molecule has 0 spiro atoms. The van der Waals surface area contributed by atoms with E-state index in [-0.39, 0.29) is 35.7 Å². The molecule has 1 fully saturated rings. The molecule has 11 heteroatoms. The van der Waals surface area contributed by atoms with Crippen molar-refractivity contribution in [3.05, 3.63) is 47.2 Å². The molecule has 1 saturated heterocycles. The monoisotopic (exact) mass is 540 g/mol. The lowest BCUT2D eigenvalue weighted by molar-refractivity contribution is -0.146. The third-order valence-corrected chi connectivity index (χ3v) is 6.89. The first-order valence-electron chi connectivity index (χ1n) is 8.53. The fourth-order valence-corrected chi connectivity index (χ4v) is 5.33. The zero-order chi connectivity index (χ0) is 21.3. The summed E-state index contributed by atoms with van der Waals surface area (Å²) < 4.78 is -1.65. The number of carbonyl (C=O) groups excluding carboxylic acids is 2. The summed E-state index contributed by atoms with van der Waals surface area (Å²) in [5.74, 6) is -2.60. The zero-order valence-corrected chi connectivity index (χ0v) is 19.4. The minimum atomic E-state index is -1.65. The summed E-state index contributed by atoms with van der Waals surface area (Å²) in [6, 6.07) is 7.36.